The Morgan fingerprint density at radius 3 is 2.32 bits per heavy atom. The number of benzene rings is 1. The van der Waals surface area contributed by atoms with Gasteiger partial charge in [-0.05, 0) is 18.2 Å². The first-order valence-electron chi connectivity index (χ1n) is 7.66. The molecule has 0 bridgehead atoms. The minimum atomic E-state index is -0.658. The van der Waals surface area contributed by atoms with Gasteiger partial charge in [-0.1, -0.05) is 26.8 Å². The van der Waals surface area contributed by atoms with Gasteiger partial charge >= 0.3 is 5.69 Å². The number of carbonyl (C=O) groups is 2. The van der Waals surface area contributed by atoms with Crippen LogP contribution in [0.4, 0.5) is 11.4 Å². The standard InChI is InChI=1S/C17H20N4O4/c1-17(2,3)15(24)19-12-6-4-5-11(9-12)18-14(23)10-21-8-7-13(22)20-16(21)25/h4-9H,10H2,1-3H3,(H,18,23)(H,19,24)(H,20,22,25). The third-order valence-electron chi connectivity index (χ3n) is 3.30. The molecule has 0 radical (unpaired) electrons. The molecule has 1 heterocycles. The van der Waals surface area contributed by atoms with E-state index in [4.69, 9.17) is 0 Å². The van der Waals surface area contributed by atoms with Gasteiger partial charge in [0.2, 0.25) is 11.8 Å². The molecule has 25 heavy (non-hydrogen) atoms. The maximum atomic E-state index is 12.1. The Labute approximate surface area is 143 Å². The van der Waals surface area contributed by atoms with E-state index in [0.29, 0.717) is 11.4 Å². The molecule has 1 aromatic carbocycles. The number of aromatic nitrogens is 2. The van der Waals surface area contributed by atoms with Crippen molar-refractivity contribution in [1.82, 2.24) is 9.55 Å². The van der Waals surface area contributed by atoms with E-state index in [0.717, 1.165) is 10.6 Å². The minimum Gasteiger partial charge on any atom is -0.326 e. The van der Waals surface area contributed by atoms with Crippen LogP contribution in [0.2, 0.25) is 0 Å². The minimum absolute atomic E-state index is 0.143. The summed E-state index contributed by atoms with van der Waals surface area (Å²) in [6.45, 7) is 5.16. The van der Waals surface area contributed by atoms with E-state index in [9.17, 15) is 19.2 Å². The van der Waals surface area contributed by atoms with E-state index in [1.54, 1.807) is 45.0 Å². The van der Waals surface area contributed by atoms with Gasteiger partial charge in [0.1, 0.15) is 6.54 Å². The summed E-state index contributed by atoms with van der Waals surface area (Å²) in [7, 11) is 0. The smallest absolute Gasteiger partial charge is 0.326 e. The Morgan fingerprint density at radius 1 is 1.08 bits per heavy atom. The van der Waals surface area contributed by atoms with Gasteiger partial charge in [-0.2, -0.15) is 0 Å². The number of anilines is 2. The number of hydrogen-bond acceptors (Lipinski definition) is 4. The Balaban J connectivity index is 2.06. The van der Waals surface area contributed by atoms with Gasteiger partial charge in [-0.15, -0.1) is 0 Å². The van der Waals surface area contributed by atoms with Crippen LogP contribution in [0.15, 0.2) is 46.1 Å². The second kappa shape index (κ2) is 7.16. The largest absolute Gasteiger partial charge is 0.328 e. The maximum absolute atomic E-state index is 12.1. The van der Waals surface area contributed by atoms with E-state index in [1.165, 1.54) is 6.20 Å². The average molecular weight is 344 g/mol. The zero-order valence-corrected chi connectivity index (χ0v) is 14.3. The summed E-state index contributed by atoms with van der Waals surface area (Å²) in [5.74, 6) is -0.579. The number of rotatable bonds is 4. The molecular weight excluding hydrogens is 324 g/mol. The number of hydrogen-bond donors (Lipinski definition) is 3. The van der Waals surface area contributed by atoms with Crippen molar-refractivity contribution in [3.63, 3.8) is 0 Å². The molecule has 0 aliphatic carbocycles. The molecule has 132 valence electrons. The van der Waals surface area contributed by atoms with Crippen LogP contribution in [0.25, 0.3) is 0 Å². The van der Waals surface area contributed by atoms with Crippen LogP contribution in [0, 0.1) is 5.41 Å². The fourth-order valence-corrected chi connectivity index (χ4v) is 1.92. The monoisotopic (exact) mass is 344 g/mol. The summed E-state index contributed by atoms with van der Waals surface area (Å²) in [6, 6.07) is 7.86. The van der Waals surface area contributed by atoms with E-state index in [-0.39, 0.29) is 12.5 Å². The molecule has 1 aromatic heterocycles. The van der Waals surface area contributed by atoms with Crippen LogP contribution in [0.5, 0.6) is 0 Å². The lowest BCUT2D eigenvalue weighted by molar-refractivity contribution is -0.123. The SMILES string of the molecule is CC(C)(C)C(=O)Nc1cccc(NC(=O)Cn2ccc(=O)[nH]c2=O)c1. The molecule has 0 atom stereocenters. The first-order chi connectivity index (χ1) is 11.6. The lowest BCUT2D eigenvalue weighted by atomic mass is 9.95. The van der Waals surface area contributed by atoms with Crippen molar-refractivity contribution in [2.75, 3.05) is 10.6 Å². The van der Waals surface area contributed by atoms with Crippen LogP contribution >= 0.6 is 0 Å². The summed E-state index contributed by atoms with van der Waals surface area (Å²) in [4.78, 5) is 48.7. The first-order valence-corrected chi connectivity index (χ1v) is 7.66. The zero-order chi connectivity index (χ0) is 18.6. The zero-order valence-electron chi connectivity index (χ0n) is 14.3. The molecule has 8 nitrogen and oxygen atoms in total. The quantitative estimate of drug-likeness (QED) is 0.772. The molecule has 8 heteroatoms. The number of nitrogens with zero attached hydrogens (tertiary/aromatic N) is 1. The van der Waals surface area contributed by atoms with Gasteiger partial charge in [-0.25, -0.2) is 4.79 Å². The highest BCUT2D eigenvalue weighted by atomic mass is 16.2. The highest BCUT2D eigenvalue weighted by Gasteiger charge is 2.21. The lowest BCUT2D eigenvalue weighted by Gasteiger charge is -2.18. The van der Waals surface area contributed by atoms with Gasteiger partial charge in [-0.3, -0.25) is 23.9 Å². The predicted octanol–water partition coefficient (Wildman–Crippen LogP) is 1.16. The third kappa shape index (κ3) is 5.17. The van der Waals surface area contributed by atoms with Crippen molar-refractivity contribution in [2.45, 2.75) is 27.3 Å². The lowest BCUT2D eigenvalue weighted by Crippen LogP contribution is -2.32. The van der Waals surface area contributed by atoms with Crippen LogP contribution in [0.3, 0.4) is 0 Å². The topological polar surface area (TPSA) is 113 Å². The summed E-state index contributed by atoms with van der Waals surface area (Å²) >= 11 is 0. The van der Waals surface area contributed by atoms with Gasteiger partial charge in [0.25, 0.3) is 5.56 Å². The van der Waals surface area contributed by atoms with Gasteiger partial charge in [0.05, 0.1) is 0 Å². The number of carbonyl (C=O) groups excluding carboxylic acids is 2. The fraction of sp³-hybridized carbons (Fsp3) is 0.294. The van der Waals surface area contributed by atoms with Crippen molar-refractivity contribution < 1.29 is 9.59 Å². The number of nitrogens with one attached hydrogen (secondary N) is 3. The first kappa shape index (κ1) is 18.2. The summed E-state index contributed by atoms with van der Waals surface area (Å²) < 4.78 is 1.09. The molecule has 0 unspecified atom stereocenters. The third-order valence-corrected chi connectivity index (χ3v) is 3.30. The van der Waals surface area contributed by atoms with Crippen LogP contribution in [-0.2, 0) is 16.1 Å². The molecule has 2 amide bonds. The Kier molecular flexibility index (Phi) is 5.21. The number of H-pyrrole nitrogens is 1. The maximum Gasteiger partial charge on any atom is 0.328 e. The van der Waals surface area contributed by atoms with Crippen molar-refractivity contribution in [3.8, 4) is 0 Å². The molecule has 0 saturated heterocycles. The molecule has 0 fully saturated rings. The second-order valence-electron chi connectivity index (χ2n) is 6.57. The molecule has 0 saturated carbocycles. The molecule has 2 rings (SSSR count). The Hall–Kier alpha value is -3.16. The molecule has 0 spiro atoms. The van der Waals surface area contributed by atoms with Crippen molar-refractivity contribution in [1.29, 1.82) is 0 Å². The Bertz CT molecular complexity index is 906. The molecule has 2 aromatic rings. The highest BCUT2D eigenvalue weighted by Crippen LogP contribution is 2.20. The average Bonchev–Trinajstić information content (AvgIpc) is 2.49. The van der Waals surface area contributed by atoms with Crippen molar-refractivity contribution in [2.24, 2.45) is 5.41 Å². The molecular formula is C17H20N4O4. The van der Waals surface area contributed by atoms with Crippen LogP contribution in [0.1, 0.15) is 20.8 Å². The van der Waals surface area contributed by atoms with E-state index in [2.05, 4.69) is 15.6 Å². The number of amides is 2. The molecule has 3 N–H and O–H groups in total. The van der Waals surface area contributed by atoms with Crippen LogP contribution in [-0.4, -0.2) is 21.4 Å². The molecule has 0 aliphatic heterocycles. The van der Waals surface area contributed by atoms with E-state index >= 15 is 0 Å². The van der Waals surface area contributed by atoms with Gasteiger partial charge in [0, 0.05) is 29.1 Å². The molecule has 0 aliphatic rings. The second-order valence-corrected chi connectivity index (χ2v) is 6.57. The van der Waals surface area contributed by atoms with Crippen molar-refractivity contribution >= 4 is 23.2 Å². The van der Waals surface area contributed by atoms with Crippen molar-refractivity contribution in [3.05, 3.63) is 57.4 Å². The van der Waals surface area contributed by atoms with Gasteiger partial charge in [0.15, 0.2) is 0 Å². The number of aromatic amines is 1. The Morgan fingerprint density at radius 2 is 1.72 bits per heavy atom. The highest BCUT2D eigenvalue weighted by molar-refractivity contribution is 5.96. The van der Waals surface area contributed by atoms with Gasteiger partial charge < -0.3 is 10.6 Å². The normalized spacial score (nSPS) is 11.0. The predicted molar refractivity (Wildman–Crippen MR) is 94.5 cm³/mol. The van der Waals surface area contributed by atoms with E-state index < -0.39 is 22.6 Å². The summed E-state index contributed by atoms with van der Waals surface area (Å²) in [5, 5.41) is 5.42. The van der Waals surface area contributed by atoms with Crippen LogP contribution < -0.4 is 21.9 Å². The van der Waals surface area contributed by atoms with E-state index in [1.807, 2.05) is 0 Å². The summed E-state index contributed by atoms with van der Waals surface area (Å²) in [5.41, 5.74) is -0.684. The summed E-state index contributed by atoms with van der Waals surface area (Å²) in [6.07, 6.45) is 1.25. The fourth-order valence-electron chi connectivity index (χ4n) is 1.92.